The number of hydrogen-bond acceptors (Lipinski definition) is 4. The van der Waals surface area contributed by atoms with Crippen LogP contribution in [0.1, 0.15) is 19.8 Å². The fourth-order valence-corrected chi connectivity index (χ4v) is 5.56. The Morgan fingerprint density at radius 1 is 0.967 bits per heavy atom. The number of nitrogens with zero attached hydrogens (tertiary/aromatic N) is 1. The number of hydrogen-bond donors (Lipinski definition) is 2. The van der Waals surface area contributed by atoms with Crippen molar-refractivity contribution in [2.75, 3.05) is 23.3 Å². The highest BCUT2D eigenvalue weighted by molar-refractivity contribution is 7.99. The number of para-hydroxylation sites is 2. The summed E-state index contributed by atoms with van der Waals surface area (Å²) in [7, 11) is 0. The first-order valence-corrected chi connectivity index (χ1v) is 11.3. The van der Waals surface area contributed by atoms with Gasteiger partial charge in [-0.15, -0.1) is 0 Å². The van der Waals surface area contributed by atoms with Gasteiger partial charge in [-0.05, 0) is 61.8 Å². The number of carbonyl (C=O) groups is 1. The third-order valence-electron chi connectivity index (χ3n) is 5.79. The summed E-state index contributed by atoms with van der Waals surface area (Å²) in [5.74, 6) is -0.0548. The minimum Gasteiger partial charge on any atom is -0.336 e. The average Bonchev–Trinajstić information content (AvgIpc) is 2.77. The second kappa shape index (κ2) is 8.17. The third-order valence-corrected chi connectivity index (χ3v) is 6.90. The van der Waals surface area contributed by atoms with Crippen molar-refractivity contribution in [2.24, 2.45) is 0 Å². The van der Waals surface area contributed by atoms with E-state index in [9.17, 15) is 4.79 Å². The molecule has 5 heteroatoms. The fraction of sp³-hybridized carbons (Fsp3) is 0.240. The van der Waals surface area contributed by atoms with Crippen molar-refractivity contribution in [1.29, 1.82) is 0 Å². The molecule has 0 unspecified atom stereocenters. The fourth-order valence-electron chi connectivity index (χ4n) is 4.44. The molecule has 4 nitrogen and oxygen atoms in total. The van der Waals surface area contributed by atoms with E-state index < -0.39 is 0 Å². The molecule has 1 saturated heterocycles. The SMILES string of the molecule is CC(=O)Nc1ccccc1-c1ccc2c(c1)Sc1ccccc1N2C1CCNCC1. The highest BCUT2D eigenvalue weighted by Crippen LogP contribution is 2.51. The molecule has 3 aromatic rings. The van der Waals surface area contributed by atoms with E-state index in [2.05, 4.69) is 64.1 Å². The molecule has 0 aromatic heterocycles. The molecule has 5 rings (SSSR count). The molecule has 0 spiro atoms. The van der Waals surface area contributed by atoms with Crippen LogP contribution in [0.2, 0.25) is 0 Å². The van der Waals surface area contributed by atoms with E-state index in [-0.39, 0.29) is 5.91 Å². The van der Waals surface area contributed by atoms with Crippen molar-refractivity contribution in [3.8, 4) is 11.1 Å². The molecule has 152 valence electrons. The predicted octanol–water partition coefficient (Wildman–Crippen LogP) is 5.67. The molecular weight excluding hydrogens is 390 g/mol. The molecule has 1 fully saturated rings. The predicted molar refractivity (Wildman–Crippen MR) is 125 cm³/mol. The second-order valence-corrected chi connectivity index (χ2v) is 8.91. The van der Waals surface area contributed by atoms with Crippen LogP contribution in [0, 0.1) is 0 Å². The number of benzene rings is 3. The molecule has 1 amide bonds. The molecule has 30 heavy (non-hydrogen) atoms. The van der Waals surface area contributed by atoms with Crippen molar-refractivity contribution < 1.29 is 4.79 Å². The molecular formula is C25H25N3OS. The quantitative estimate of drug-likeness (QED) is 0.579. The van der Waals surface area contributed by atoms with Crippen molar-refractivity contribution in [1.82, 2.24) is 5.32 Å². The van der Waals surface area contributed by atoms with Gasteiger partial charge in [0.25, 0.3) is 0 Å². The van der Waals surface area contributed by atoms with Crippen LogP contribution < -0.4 is 15.5 Å². The summed E-state index contributed by atoms with van der Waals surface area (Å²) in [4.78, 5) is 16.8. The maximum atomic E-state index is 11.7. The Kier molecular flexibility index (Phi) is 5.23. The summed E-state index contributed by atoms with van der Waals surface area (Å²) in [5.41, 5.74) is 5.61. The average molecular weight is 416 g/mol. The molecule has 2 N–H and O–H groups in total. The van der Waals surface area contributed by atoms with Gasteiger partial charge in [0.05, 0.1) is 11.4 Å². The Morgan fingerprint density at radius 3 is 2.53 bits per heavy atom. The van der Waals surface area contributed by atoms with Crippen molar-refractivity contribution in [3.63, 3.8) is 0 Å². The minimum atomic E-state index is -0.0548. The molecule has 2 aliphatic rings. The normalized spacial score (nSPS) is 16.0. The smallest absolute Gasteiger partial charge is 0.221 e. The Bertz CT molecular complexity index is 1090. The summed E-state index contributed by atoms with van der Waals surface area (Å²) >= 11 is 1.83. The molecule has 0 aliphatic carbocycles. The van der Waals surface area contributed by atoms with Gasteiger partial charge in [-0.2, -0.15) is 0 Å². The third kappa shape index (κ3) is 3.59. The van der Waals surface area contributed by atoms with E-state index in [1.54, 1.807) is 6.92 Å². The van der Waals surface area contributed by atoms with E-state index in [4.69, 9.17) is 0 Å². The highest BCUT2D eigenvalue weighted by Gasteiger charge is 2.30. The zero-order chi connectivity index (χ0) is 20.5. The maximum Gasteiger partial charge on any atom is 0.221 e. The lowest BCUT2D eigenvalue weighted by atomic mass is 10.00. The summed E-state index contributed by atoms with van der Waals surface area (Å²) < 4.78 is 0. The number of amides is 1. The lowest BCUT2D eigenvalue weighted by molar-refractivity contribution is -0.114. The van der Waals surface area contributed by atoms with Gasteiger partial charge < -0.3 is 15.5 Å². The minimum absolute atomic E-state index is 0.0548. The van der Waals surface area contributed by atoms with Gasteiger partial charge in [0.1, 0.15) is 0 Å². The van der Waals surface area contributed by atoms with Crippen LogP contribution in [0.3, 0.4) is 0 Å². The van der Waals surface area contributed by atoms with Crippen molar-refractivity contribution in [2.45, 2.75) is 35.6 Å². The summed E-state index contributed by atoms with van der Waals surface area (Å²) in [6, 6.07) is 23.9. The van der Waals surface area contributed by atoms with Crippen LogP contribution in [-0.2, 0) is 4.79 Å². The van der Waals surface area contributed by atoms with Crippen LogP contribution in [0.5, 0.6) is 0 Å². The molecule has 2 heterocycles. The Hall–Kier alpha value is -2.76. The maximum absolute atomic E-state index is 11.7. The number of nitrogens with one attached hydrogen (secondary N) is 2. The molecule has 2 aliphatic heterocycles. The summed E-state index contributed by atoms with van der Waals surface area (Å²) in [6.45, 7) is 3.68. The van der Waals surface area contributed by atoms with Gasteiger partial charge in [-0.1, -0.05) is 48.2 Å². The van der Waals surface area contributed by atoms with Gasteiger partial charge in [0.15, 0.2) is 0 Å². The Labute approximate surface area is 181 Å². The van der Waals surface area contributed by atoms with Crippen LogP contribution >= 0.6 is 11.8 Å². The van der Waals surface area contributed by atoms with Gasteiger partial charge >= 0.3 is 0 Å². The number of carbonyl (C=O) groups excluding carboxylic acids is 1. The molecule has 0 atom stereocenters. The van der Waals surface area contributed by atoms with Crippen LogP contribution in [0.25, 0.3) is 11.1 Å². The van der Waals surface area contributed by atoms with Crippen molar-refractivity contribution >= 4 is 34.7 Å². The lowest BCUT2D eigenvalue weighted by Crippen LogP contribution is -2.41. The lowest BCUT2D eigenvalue weighted by Gasteiger charge is -2.40. The second-order valence-electron chi connectivity index (χ2n) is 7.83. The van der Waals surface area contributed by atoms with Gasteiger partial charge in [-0.3, -0.25) is 4.79 Å². The standard InChI is InChI=1S/C25H25N3OS/c1-17(29)27-21-7-3-2-6-20(21)18-10-11-23-25(16-18)30-24-9-5-4-8-22(24)28(23)19-12-14-26-15-13-19/h2-11,16,19,26H,12-15H2,1H3,(H,27,29). The van der Waals surface area contributed by atoms with E-state index in [1.807, 2.05) is 30.0 Å². The molecule has 0 radical (unpaired) electrons. The first-order chi connectivity index (χ1) is 14.7. The van der Waals surface area contributed by atoms with Crippen LogP contribution in [0.4, 0.5) is 17.1 Å². The zero-order valence-corrected chi connectivity index (χ0v) is 17.8. The number of anilines is 3. The Balaban J connectivity index is 1.59. The largest absolute Gasteiger partial charge is 0.336 e. The van der Waals surface area contributed by atoms with Gasteiger partial charge in [0, 0.05) is 34.0 Å². The molecule has 0 bridgehead atoms. The zero-order valence-electron chi connectivity index (χ0n) is 17.0. The van der Waals surface area contributed by atoms with Crippen LogP contribution in [-0.4, -0.2) is 25.0 Å². The van der Waals surface area contributed by atoms with Gasteiger partial charge in [0.2, 0.25) is 5.91 Å². The number of piperidine rings is 1. The highest BCUT2D eigenvalue weighted by atomic mass is 32.2. The molecule has 0 saturated carbocycles. The van der Waals surface area contributed by atoms with E-state index in [0.717, 1.165) is 42.7 Å². The first kappa shape index (κ1) is 19.2. The monoisotopic (exact) mass is 415 g/mol. The van der Waals surface area contributed by atoms with Gasteiger partial charge in [-0.25, -0.2) is 0 Å². The van der Waals surface area contributed by atoms with Crippen molar-refractivity contribution in [3.05, 3.63) is 66.7 Å². The van der Waals surface area contributed by atoms with E-state index >= 15 is 0 Å². The topological polar surface area (TPSA) is 44.4 Å². The van der Waals surface area contributed by atoms with Crippen LogP contribution in [0.15, 0.2) is 76.5 Å². The number of fused-ring (bicyclic) bond motifs is 2. The number of rotatable bonds is 3. The first-order valence-electron chi connectivity index (χ1n) is 10.5. The summed E-state index contributed by atoms with van der Waals surface area (Å²) in [6.07, 6.45) is 2.29. The molecule has 3 aromatic carbocycles. The van der Waals surface area contributed by atoms with E-state index in [0.29, 0.717) is 6.04 Å². The summed E-state index contributed by atoms with van der Waals surface area (Å²) in [5, 5.41) is 6.45. The van der Waals surface area contributed by atoms with E-state index in [1.165, 1.54) is 21.2 Å². The Morgan fingerprint density at radius 2 is 1.70 bits per heavy atom.